The first kappa shape index (κ1) is 18.9. The van der Waals surface area contributed by atoms with E-state index < -0.39 is 0 Å². The lowest BCUT2D eigenvalue weighted by atomic mass is 9.94. The number of nitrogens with zero attached hydrogens (tertiary/aromatic N) is 4. The molecule has 0 aromatic carbocycles. The molecule has 27 heavy (non-hydrogen) atoms. The Morgan fingerprint density at radius 1 is 1.04 bits per heavy atom. The van der Waals surface area contributed by atoms with Crippen molar-refractivity contribution in [1.82, 2.24) is 20.1 Å². The highest BCUT2D eigenvalue weighted by Crippen LogP contribution is 2.36. The Morgan fingerprint density at radius 3 is 2.37 bits per heavy atom. The minimum Gasteiger partial charge on any atom is -0.368 e. The van der Waals surface area contributed by atoms with Crippen LogP contribution in [0.25, 0.3) is 0 Å². The highest BCUT2D eigenvalue weighted by molar-refractivity contribution is 7.99. The molecule has 1 N–H and O–H groups in total. The van der Waals surface area contributed by atoms with E-state index in [2.05, 4.69) is 31.9 Å². The first-order chi connectivity index (χ1) is 13.3. The van der Waals surface area contributed by atoms with E-state index in [4.69, 9.17) is 0 Å². The molecule has 1 aromatic heterocycles. The zero-order chi connectivity index (χ0) is 18.5. The van der Waals surface area contributed by atoms with Gasteiger partial charge in [0, 0.05) is 80.9 Å². The summed E-state index contributed by atoms with van der Waals surface area (Å²) >= 11 is 2.06. The smallest absolute Gasteiger partial charge is 0.317 e. The van der Waals surface area contributed by atoms with Gasteiger partial charge in [-0.3, -0.25) is 9.88 Å². The maximum Gasteiger partial charge on any atom is 0.317 e. The molecule has 0 radical (unpaired) electrons. The highest BCUT2D eigenvalue weighted by atomic mass is 32.2. The topological polar surface area (TPSA) is 51.7 Å². The lowest BCUT2D eigenvalue weighted by Gasteiger charge is -2.44. The van der Waals surface area contributed by atoms with E-state index in [-0.39, 0.29) is 11.6 Å². The fourth-order valence-electron chi connectivity index (χ4n) is 4.75. The molecule has 0 spiro atoms. The predicted octanol–water partition coefficient (Wildman–Crippen LogP) is 2.27. The lowest BCUT2D eigenvalue weighted by molar-refractivity contribution is 0.101. The van der Waals surface area contributed by atoms with Gasteiger partial charge in [-0.2, -0.15) is 11.8 Å². The van der Waals surface area contributed by atoms with Crippen LogP contribution in [0.15, 0.2) is 24.5 Å². The average molecular weight is 390 g/mol. The molecule has 3 heterocycles. The van der Waals surface area contributed by atoms with Crippen LogP contribution < -0.4 is 10.2 Å². The quantitative estimate of drug-likeness (QED) is 0.856. The van der Waals surface area contributed by atoms with E-state index in [0.717, 1.165) is 32.7 Å². The highest BCUT2D eigenvalue weighted by Gasteiger charge is 2.40. The van der Waals surface area contributed by atoms with Crippen LogP contribution >= 0.6 is 11.8 Å². The molecule has 7 heteroatoms. The number of urea groups is 1. The molecular weight excluding hydrogens is 358 g/mol. The molecule has 1 aliphatic carbocycles. The van der Waals surface area contributed by atoms with Crippen LogP contribution in [0.5, 0.6) is 0 Å². The Kier molecular flexibility index (Phi) is 6.08. The summed E-state index contributed by atoms with van der Waals surface area (Å²) in [5.41, 5.74) is 1.40. The molecule has 148 valence electrons. The van der Waals surface area contributed by atoms with E-state index in [1.54, 1.807) is 0 Å². The van der Waals surface area contributed by atoms with Gasteiger partial charge in [0.25, 0.3) is 0 Å². The number of hydrogen-bond acceptors (Lipinski definition) is 5. The largest absolute Gasteiger partial charge is 0.368 e. The van der Waals surface area contributed by atoms with Crippen molar-refractivity contribution >= 4 is 23.5 Å². The summed E-state index contributed by atoms with van der Waals surface area (Å²) in [5, 5.41) is 3.30. The number of carbonyl (C=O) groups is 1. The number of aromatic nitrogens is 1. The second-order valence-electron chi connectivity index (χ2n) is 7.87. The van der Waals surface area contributed by atoms with Crippen molar-refractivity contribution in [3.05, 3.63) is 24.5 Å². The van der Waals surface area contributed by atoms with Gasteiger partial charge in [0.2, 0.25) is 0 Å². The van der Waals surface area contributed by atoms with E-state index >= 15 is 0 Å². The first-order valence-electron chi connectivity index (χ1n) is 10.3. The van der Waals surface area contributed by atoms with Crippen LogP contribution in [0, 0.1) is 0 Å². The summed E-state index contributed by atoms with van der Waals surface area (Å²) in [4.78, 5) is 23.8. The number of amides is 2. The lowest BCUT2D eigenvalue weighted by Crippen LogP contribution is -2.59. The number of hydrogen-bond donors (Lipinski definition) is 1. The monoisotopic (exact) mass is 389 g/mol. The summed E-state index contributed by atoms with van der Waals surface area (Å²) in [6.45, 7) is 6.47. The molecule has 0 atom stereocenters. The molecule has 3 aliphatic rings. The number of nitrogens with one attached hydrogen (secondary N) is 1. The third kappa shape index (κ3) is 4.35. The van der Waals surface area contributed by atoms with Crippen LogP contribution in [0.2, 0.25) is 0 Å². The average Bonchev–Trinajstić information content (AvgIpc) is 3.24. The molecule has 6 nitrogen and oxygen atoms in total. The Labute approximate surface area is 166 Å². The summed E-state index contributed by atoms with van der Waals surface area (Å²) in [5.74, 6) is 2.46. The summed E-state index contributed by atoms with van der Waals surface area (Å²) in [6.07, 6.45) is 8.71. The number of thioether (sulfide) groups is 1. The van der Waals surface area contributed by atoms with Crippen LogP contribution in [0.4, 0.5) is 10.5 Å². The third-order valence-corrected chi connectivity index (χ3v) is 7.32. The van der Waals surface area contributed by atoms with Gasteiger partial charge in [0.05, 0.1) is 0 Å². The fraction of sp³-hybridized carbons (Fsp3) is 0.700. The van der Waals surface area contributed by atoms with Crippen molar-refractivity contribution in [3.8, 4) is 0 Å². The van der Waals surface area contributed by atoms with E-state index in [1.165, 1.54) is 56.0 Å². The predicted molar refractivity (Wildman–Crippen MR) is 112 cm³/mol. The molecule has 2 saturated heterocycles. The zero-order valence-corrected chi connectivity index (χ0v) is 16.9. The maximum absolute atomic E-state index is 12.8. The van der Waals surface area contributed by atoms with Gasteiger partial charge in [0.1, 0.15) is 0 Å². The van der Waals surface area contributed by atoms with Gasteiger partial charge >= 0.3 is 6.03 Å². The molecule has 4 rings (SSSR count). The number of piperazine rings is 1. The minimum atomic E-state index is 0.113. The van der Waals surface area contributed by atoms with Crippen LogP contribution in [-0.2, 0) is 0 Å². The van der Waals surface area contributed by atoms with E-state index in [9.17, 15) is 4.79 Å². The molecule has 1 aromatic rings. The summed E-state index contributed by atoms with van der Waals surface area (Å²) < 4.78 is 0. The van der Waals surface area contributed by atoms with Gasteiger partial charge in [-0.1, -0.05) is 12.8 Å². The Morgan fingerprint density at radius 2 is 1.70 bits per heavy atom. The van der Waals surface area contributed by atoms with E-state index in [1.807, 2.05) is 29.4 Å². The molecule has 3 fully saturated rings. The SMILES string of the molecule is O=C(NCC1(N2CCSCC2)CCCC1)N1CCN(c2ccncc2)CC1. The van der Waals surface area contributed by atoms with Crippen molar-refractivity contribution in [2.75, 3.05) is 62.2 Å². The molecular formula is C20H31N5OS. The maximum atomic E-state index is 12.8. The summed E-state index contributed by atoms with van der Waals surface area (Å²) in [6, 6.07) is 4.19. The van der Waals surface area contributed by atoms with Crippen molar-refractivity contribution in [2.45, 2.75) is 31.2 Å². The van der Waals surface area contributed by atoms with Gasteiger partial charge in [-0.05, 0) is 25.0 Å². The minimum absolute atomic E-state index is 0.113. The number of anilines is 1. The summed E-state index contributed by atoms with van der Waals surface area (Å²) in [7, 11) is 0. The molecule has 2 aliphatic heterocycles. The van der Waals surface area contributed by atoms with Crippen LogP contribution in [0.1, 0.15) is 25.7 Å². The van der Waals surface area contributed by atoms with Crippen molar-refractivity contribution in [2.24, 2.45) is 0 Å². The Balaban J connectivity index is 1.29. The van der Waals surface area contributed by atoms with Crippen LogP contribution in [-0.4, -0.2) is 83.7 Å². The fourth-order valence-corrected chi connectivity index (χ4v) is 5.65. The Hall–Kier alpha value is -1.47. The zero-order valence-electron chi connectivity index (χ0n) is 16.1. The van der Waals surface area contributed by atoms with E-state index in [0.29, 0.717) is 0 Å². The van der Waals surface area contributed by atoms with Crippen molar-refractivity contribution in [3.63, 3.8) is 0 Å². The molecule has 0 bridgehead atoms. The first-order valence-corrected chi connectivity index (χ1v) is 11.4. The number of carbonyl (C=O) groups excluding carboxylic acids is 1. The van der Waals surface area contributed by atoms with Crippen molar-refractivity contribution < 1.29 is 4.79 Å². The molecule has 0 unspecified atom stereocenters. The second-order valence-corrected chi connectivity index (χ2v) is 9.09. The molecule has 2 amide bonds. The normalized spacial score (nSPS) is 23.4. The van der Waals surface area contributed by atoms with Gasteiger partial charge < -0.3 is 15.1 Å². The van der Waals surface area contributed by atoms with Gasteiger partial charge in [-0.25, -0.2) is 4.79 Å². The number of rotatable bonds is 4. The Bertz CT molecular complexity index is 608. The van der Waals surface area contributed by atoms with Crippen LogP contribution in [0.3, 0.4) is 0 Å². The standard InChI is InChI=1S/C20H31N5OS/c26-19(24-11-9-23(10-12-24)18-3-7-21-8-4-18)22-17-20(5-1-2-6-20)25-13-15-27-16-14-25/h3-4,7-8H,1-2,5-6,9-17H2,(H,22,26). The number of pyridine rings is 1. The second kappa shape index (κ2) is 8.69. The van der Waals surface area contributed by atoms with Gasteiger partial charge in [-0.15, -0.1) is 0 Å². The third-order valence-electron chi connectivity index (χ3n) is 6.38. The van der Waals surface area contributed by atoms with Gasteiger partial charge in [0.15, 0.2) is 0 Å². The molecule has 1 saturated carbocycles. The van der Waals surface area contributed by atoms with Crippen molar-refractivity contribution in [1.29, 1.82) is 0 Å².